The molecule has 1 aromatic rings. The van der Waals surface area contributed by atoms with E-state index in [1.54, 1.807) is 0 Å². The first-order valence-corrected chi connectivity index (χ1v) is 5.76. The van der Waals surface area contributed by atoms with Crippen LogP contribution in [0.4, 0.5) is 0 Å². The fourth-order valence-electron chi connectivity index (χ4n) is 1.36. The summed E-state index contributed by atoms with van der Waals surface area (Å²) in [4.78, 5) is 0.448. The van der Waals surface area contributed by atoms with Crippen LogP contribution in [0.1, 0.15) is 34.9 Å². The fraction of sp³-hybridized carbons (Fsp3) is 0.455. The smallest absolute Gasteiger partial charge is 0.0438 e. The Bertz CT molecular complexity index is 307. The largest absolute Gasteiger partial charge is 0.0840 e. The Balaban J connectivity index is 3.15. The number of rotatable bonds is 2. The van der Waals surface area contributed by atoms with Crippen molar-refractivity contribution in [2.24, 2.45) is 0 Å². The Hall–Kier alpha value is -0.0100. The number of halogens is 2. The summed E-state index contributed by atoms with van der Waals surface area (Å²) < 4.78 is 0. The van der Waals surface area contributed by atoms with E-state index in [4.69, 9.17) is 11.6 Å². The van der Waals surface area contributed by atoms with Crippen LogP contribution in [0.5, 0.6) is 0 Å². The average Bonchev–Trinajstić information content (AvgIpc) is 2.10. The number of alkyl halides is 1. The van der Waals surface area contributed by atoms with Crippen LogP contribution in [0.3, 0.4) is 0 Å². The average molecular weight is 262 g/mol. The summed E-state index contributed by atoms with van der Waals surface area (Å²) in [5.41, 5.74) is 3.77. The van der Waals surface area contributed by atoms with E-state index in [0.717, 1.165) is 17.0 Å². The summed E-state index contributed by atoms with van der Waals surface area (Å²) in [6, 6.07) is 4.21. The lowest BCUT2D eigenvalue weighted by atomic mass is 10.0. The summed E-state index contributed by atoms with van der Waals surface area (Å²) in [6.45, 7) is 6.31. The molecule has 0 saturated carbocycles. The van der Waals surface area contributed by atoms with Gasteiger partial charge in [-0.05, 0) is 43.0 Å². The first kappa shape index (κ1) is 11.1. The van der Waals surface area contributed by atoms with E-state index in [-0.39, 0.29) is 0 Å². The van der Waals surface area contributed by atoms with Gasteiger partial charge in [-0.1, -0.05) is 40.5 Å². The molecule has 1 rings (SSSR count). The molecule has 0 bridgehead atoms. The molecule has 0 fully saturated rings. The molecule has 0 saturated heterocycles. The SMILES string of the molecule is CCC(Br)c1cc(C)c(Cl)cc1C. The van der Waals surface area contributed by atoms with Crippen molar-refractivity contribution in [3.63, 3.8) is 0 Å². The second-order valence-electron chi connectivity index (χ2n) is 3.33. The maximum atomic E-state index is 6.02. The van der Waals surface area contributed by atoms with Gasteiger partial charge in [0.1, 0.15) is 0 Å². The molecule has 72 valence electrons. The first-order valence-electron chi connectivity index (χ1n) is 4.47. The number of benzene rings is 1. The van der Waals surface area contributed by atoms with E-state index in [9.17, 15) is 0 Å². The Morgan fingerprint density at radius 3 is 2.46 bits per heavy atom. The number of hydrogen-bond donors (Lipinski definition) is 0. The van der Waals surface area contributed by atoms with E-state index in [2.05, 4.69) is 35.8 Å². The normalized spacial score (nSPS) is 13.0. The molecule has 0 aliphatic carbocycles. The van der Waals surface area contributed by atoms with Crippen molar-refractivity contribution < 1.29 is 0 Å². The van der Waals surface area contributed by atoms with Gasteiger partial charge in [-0.2, -0.15) is 0 Å². The van der Waals surface area contributed by atoms with Crippen molar-refractivity contribution in [3.8, 4) is 0 Å². The van der Waals surface area contributed by atoms with Gasteiger partial charge >= 0.3 is 0 Å². The van der Waals surface area contributed by atoms with Crippen LogP contribution in [-0.4, -0.2) is 0 Å². The molecular weight excluding hydrogens is 247 g/mol. The minimum atomic E-state index is 0.448. The minimum Gasteiger partial charge on any atom is -0.0840 e. The highest BCUT2D eigenvalue weighted by Crippen LogP contribution is 2.31. The van der Waals surface area contributed by atoms with Crippen LogP contribution in [0.15, 0.2) is 12.1 Å². The number of hydrogen-bond acceptors (Lipinski definition) is 0. The zero-order valence-corrected chi connectivity index (χ0v) is 10.5. The molecular formula is C11H14BrCl. The molecule has 0 amide bonds. The van der Waals surface area contributed by atoms with Gasteiger partial charge < -0.3 is 0 Å². The first-order chi connectivity index (χ1) is 6.06. The lowest BCUT2D eigenvalue weighted by Gasteiger charge is -2.12. The summed E-state index contributed by atoms with van der Waals surface area (Å²) in [7, 11) is 0. The van der Waals surface area contributed by atoms with Crippen molar-refractivity contribution in [3.05, 3.63) is 33.8 Å². The van der Waals surface area contributed by atoms with E-state index < -0.39 is 0 Å². The lowest BCUT2D eigenvalue weighted by molar-refractivity contribution is 0.901. The molecule has 0 radical (unpaired) electrons. The van der Waals surface area contributed by atoms with Crippen molar-refractivity contribution in [1.29, 1.82) is 0 Å². The molecule has 0 aliphatic rings. The van der Waals surface area contributed by atoms with Gasteiger partial charge in [0.15, 0.2) is 0 Å². The second-order valence-corrected chi connectivity index (χ2v) is 4.85. The fourth-order valence-corrected chi connectivity index (χ4v) is 2.07. The maximum absolute atomic E-state index is 6.02. The van der Waals surface area contributed by atoms with E-state index >= 15 is 0 Å². The summed E-state index contributed by atoms with van der Waals surface area (Å²) in [5, 5.41) is 0.858. The summed E-state index contributed by atoms with van der Waals surface area (Å²) in [6.07, 6.45) is 1.10. The lowest BCUT2D eigenvalue weighted by Crippen LogP contribution is -1.93. The van der Waals surface area contributed by atoms with Crippen LogP contribution >= 0.6 is 27.5 Å². The third-order valence-corrected chi connectivity index (χ3v) is 3.79. The molecule has 0 heterocycles. The van der Waals surface area contributed by atoms with Gasteiger partial charge in [0.25, 0.3) is 0 Å². The Labute approximate surface area is 93.4 Å². The van der Waals surface area contributed by atoms with Gasteiger partial charge in [-0.25, -0.2) is 0 Å². The van der Waals surface area contributed by atoms with Gasteiger partial charge in [0.05, 0.1) is 0 Å². The van der Waals surface area contributed by atoms with Gasteiger partial charge in [0.2, 0.25) is 0 Å². The van der Waals surface area contributed by atoms with Crippen LogP contribution in [0, 0.1) is 13.8 Å². The summed E-state index contributed by atoms with van der Waals surface area (Å²) in [5.74, 6) is 0. The highest BCUT2D eigenvalue weighted by Gasteiger charge is 2.09. The molecule has 1 atom stereocenters. The van der Waals surface area contributed by atoms with Gasteiger partial charge in [-0.15, -0.1) is 0 Å². The minimum absolute atomic E-state index is 0.448. The zero-order chi connectivity index (χ0) is 10.0. The Morgan fingerprint density at radius 1 is 1.31 bits per heavy atom. The Morgan fingerprint density at radius 2 is 1.92 bits per heavy atom. The van der Waals surface area contributed by atoms with Gasteiger partial charge in [0, 0.05) is 9.85 Å². The van der Waals surface area contributed by atoms with Crippen LogP contribution in [0.2, 0.25) is 5.02 Å². The topological polar surface area (TPSA) is 0 Å². The highest BCUT2D eigenvalue weighted by molar-refractivity contribution is 9.09. The Kier molecular flexibility index (Phi) is 3.81. The highest BCUT2D eigenvalue weighted by atomic mass is 79.9. The molecule has 0 aliphatic heterocycles. The van der Waals surface area contributed by atoms with Crippen LogP contribution in [0.25, 0.3) is 0 Å². The van der Waals surface area contributed by atoms with Crippen molar-refractivity contribution in [1.82, 2.24) is 0 Å². The standard InChI is InChI=1S/C11H14BrCl/c1-4-10(12)9-5-8(3)11(13)6-7(9)2/h5-6,10H,4H2,1-3H3. The number of aryl methyl sites for hydroxylation is 2. The van der Waals surface area contributed by atoms with Crippen molar-refractivity contribution in [2.75, 3.05) is 0 Å². The summed E-state index contributed by atoms with van der Waals surface area (Å²) >= 11 is 9.67. The van der Waals surface area contributed by atoms with Crippen LogP contribution in [-0.2, 0) is 0 Å². The molecule has 1 aromatic carbocycles. The molecule has 2 heteroatoms. The monoisotopic (exact) mass is 260 g/mol. The van der Waals surface area contributed by atoms with E-state index in [1.165, 1.54) is 11.1 Å². The molecule has 0 nitrogen and oxygen atoms in total. The molecule has 0 N–H and O–H groups in total. The maximum Gasteiger partial charge on any atom is 0.0438 e. The molecule has 13 heavy (non-hydrogen) atoms. The third-order valence-electron chi connectivity index (χ3n) is 2.24. The quantitative estimate of drug-likeness (QED) is 0.671. The molecule has 1 unspecified atom stereocenters. The van der Waals surface area contributed by atoms with Crippen molar-refractivity contribution >= 4 is 27.5 Å². The second kappa shape index (κ2) is 4.47. The van der Waals surface area contributed by atoms with E-state index in [0.29, 0.717) is 4.83 Å². The molecule has 0 spiro atoms. The van der Waals surface area contributed by atoms with Gasteiger partial charge in [-0.3, -0.25) is 0 Å². The van der Waals surface area contributed by atoms with E-state index in [1.807, 2.05) is 13.0 Å². The predicted molar refractivity (Wildman–Crippen MR) is 62.9 cm³/mol. The van der Waals surface area contributed by atoms with Crippen LogP contribution < -0.4 is 0 Å². The van der Waals surface area contributed by atoms with Crippen molar-refractivity contribution in [2.45, 2.75) is 32.0 Å². The zero-order valence-electron chi connectivity index (χ0n) is 8.20. The third kappa shape index (κ3) is 2.47. The molecule has 0 aromatic heterocycles. The predicted octanol–water partition coefficient (Wildman–Crippen LogP) is 4.80.